The zero-order chi connectivity index (χ0) is 7.84. The molecule has 11 heavy (non-hydrogen) atoms. The Balaban J connectivity index is 2.62. The highest BCUT2D eigenvalue weighted by molar-refractivity contribution is 5.67. The number of aliphatic hydroxyl groups is 1. The Morgan fingerprint density at radius 1 is 1.27 bits per heavy atom. The molecular formula is C9H7O2-. The van der Waals surface area contributed by atoms with Gasteiger partial charge in [0.25, 0.3) is 0 Å². The Morgan fingerprint density at radius 2 is 2.00 bits per heavy atom. The zero-order valence-corrected chi connectivity index (χ0v) is 5.82. The van der Waals surface area contributed by atoms with Crippen LogP contribution in [0.25, 0.3) is 5.76 Å². The monoisotopic (exact) mass is 147 g/mol. The Hall–Kier alpha value is -1.28. The minimum absolute atomic E-state index is 0.0758. The molecule has 0 radical (unpaired) electrons. The van der Waals surface area contributed by atoms with E-state index in [0.29, 0.717) is 5.56 Å². The van der Waals surface area contributed by atoms with E-state index in [2.05, 4.69) is 0 Å². The maximum atomic E-state index is 11.1. The van der Waals surface area contributed by atoms with Crippen LogP contribution in [0, 0.1) is 0 Å². The van der Waals surface area contributed by atoms with Crippen LogP contribution in [0.2, 0.25) is 0 Å². The van der Waals surface area contributed by atoms with E-state index in [9.17, 15) is 10.2 Å². The van der Waals surface area contributed by atoms with Crippen molar-refractivity contribution in [2.45, 2.75) is 6.10 Å². The average molecular weight is 147 g/mol. The summed E-state index contributed by atoms with van der Waals surface area (Å²) in [6.07, 6.45) is 0.628. The second-order valence-corrected chi connectivity index (χ2v) is 2.56. The summed E-state index contributed by atoms with van der Waals surface area (Å²) in [5.41, 5.74) is 1.34. The van der Waals surface area contributed by atoms with Crippen LogP contribution in [0.1, 0.15) is 17.2 Å². The molecule has 0 aliphatic heterocycles. The summed E-state index contributed by atoms with van der Waals surface area (Å²) in [4.78, 5) is 0. The van der Waals surface area contributed by atoms with Crippen LogP contribution in [0.15, 0.2) is 30.3 Å². The largest absolute Gasteiger partial charge is 0.872 e. The number of fused-ring (bicyclic) bond motifs is 1. The lowest BCUT2D eigenvalue weighted by Gasteiger charge is -2.07. The molecule has 2 heteroatoms. The molecule has 2 nitrogen and oxygen atoms in total. The number of benzene rings is 1. The molecule has 0 saturated carbocycles. The molecule has 1 N–H and O–H groups in total. The Morgan fingerprint density at radius 3 is 2.73 bits per heavy atom. The van der Waals surface area contributed by atoms with Gasteiger partial charge in [-0.3, -0.25) is 0 Å². The topological polar surface area (TPSA) is 43.3 Å². The lowest BCUT2D eigenvalue weighted by molar-refractivity contribution is -0.243. The Labute approximate surface area is 64.4 Å². The molecule has 1 aliphatic carbocycles. The average Bonchev–Trinajstić information content (AvgIpc) is 2.30. The van der Waals surface area contributed by atoms with Crippen molar-refractivity contribution in [1.82, 2.24) is 0 Å². The van der Waals surface area contributed by atoms with Gasteiger partial charge < -0.3 is 10.2 Å². The molecule has 0 spiro atoms. The third kappa shape index (κ3) is 0.835. The van der Waals surface area contributed by atoms with Gasteiger partial charge in [-0.2, -0.15) is 0 Å². The molecule has 1 aromatic carbocycles. The minimum Gasteiger partial charge on any atom is -0.872 e. The zero-order valence-electron chi connectivity index (χ0n) is 5.82. The van der Waals surface area contributed by atoms with Gasteiger partial charge in [-0.1, -0.05) is 30.3 Å². The van der Waals surface area contributed by atoms with Gasteiger partial charge in [0.1, 0.15) is 0 Å². The number of hydrogen-bond donors (Lipinski definition) is 1. The van der Waals surface area contributed by atoms with Crippen LogP contribution in [-0.4, -0.2) is 5.11 Å². The molecule has 0 saturated heterocycles. The Kier molecular flexibility index (Phi) is 1.23. The molecule has 0 fully saturated rings. The normalized spacial score (nSPS) is 21.2. The second-order valence-electron chi connectivity index (χ2n) is 2.56. The molecule has 1 aromatic rings. The van der Waals surface area contributed by atoms with Crippen molar-refractivity contribution in [1.29, 1.82) is 0 Å². The first-order chi connectivity index (χ1) is 5.29. The highest BCUT2D eigenvalue weighted by Crippen LogP contribution is 2.30. The first-order valence-corrected chi connectivity index (χ1v) is 3.45. The van der Waals surface area contributed by atoms with Crippen LogP contribution < -0.4 is 5.11 Å². The van der Waals surface area contributed by atoms with Crippen molar-refractivity contribution in [3.63, 3.8) is 0 Å². The van der Waals surface area contributed by atoms with E-state index < -0.39 is 6.10 Å². The summed E-state index contributed by atoms with van der Waals surface area (Å²) in [7, 11) is 0. The van der Waals surface area contributed by atoms with E-state index >= 15 is 0 Å². The van der Waals surface area contributed by atoms with Gasteiger partial charge in [0.05, 0.1) is 6.10 Å². The molecule has 0 bridgehead atoms. The van der Waals surface area contributed by atoms with Crippen molar-refractivity contribution in [3.8, 4) is 0 Å². The number of rotatable bonds is 0. The highest BCUT2D eigenvalue weighted by Gasteiger charge is 2.14. The van der Waals surface area contributed by atoms with Crippen molar-refractivity contribution in [2.75, 3.05) is 0 Å². The summed E-state index contributed by atoms with van der Waals surface area (Å²) in [6.45, 7) is 0. The summed E-state index contributed by atoms with van der Waals surface area (Å²) in [6, 6.07) is 7.10. The van der Waals surface area contributed by atoms with Gasteiger partial charge in [0.2, 0.25) is 0 Å². The van der Waals surface area contributed by atoms with Crippen LogP contribution in [0.5, 0.6) is 0 Å². The summed E-state index contributed by atoms with van der Waals surface area (Å²) in [5, 5.41) is 20.3. The van der Waals surface area contributed by atoms with Gasteiger partial charge in [-0.15, -0.1) is 5.76 Å². The molecule has 0 amide bonds. The fourth-order valence-electron chi connectivity index (χ4n) is 1.30. The third-order valence-electron chi connectivity index (χ3n) is 1.85. The molecule has 2 rings (SSSR count). The lowest BCUT2D eigenvalue weighted by Crippen LogP contribution is -1.98. The van der Waals surface area contributed by atoms with Crippen LogP contribution in [0.4, 0.5) is 0 Å². The quantitative estimate of drug-likeness (QED) is 0.578. The first kappa shape index (κ1) is 6.43. The molecule has 1 atom stereocenters. The fourth-order valence-corrected chi connectivity index (χ4v) is 1.30. The van der Waals surface area contributed by atoms with Crippen LogP contribution in [-0.2, 0) is 0 Å². The van der Waals surface area contributed by atoms with Crippen molar-refractivity contribution < 1.29 is 10.2 Å². The summed E-state index contributed by atoms with van der Waals surface area (Å²) >= 11 is 0. The van der Waals surface area contributed by atoms with E-state index in [4.69, 9.17) is 0 Å². The van der Waals surface area contributed by atoms with E-state index in [1.54, 1.807) is 18.2 Å². The standard InChI is InChI=1S/C9H8O2/c10-8-5-9(11)7-4-2-1-3-6(7)8/h1-5,8,10-11H/p-1. The van der Waals surface area contributed by atoms with Gasteiger partial charge in [0.15, 0.2) is 0 Å². The lowest BCUT2D eigenvalue weighted by atomic mass is 10.1. The maximum absolute atomic E-state index is 11.1. The van der Waals surface area contributed by atoms with Crippen molar-refractivity contribution in [2.24, 2.45) is 0 Å². The smallest absolute Gasteiger partial charge is 0.0974 e. The summed E-state index contributed by atoms with van der Waals surface area (Å²) < 4.78 is 0. The van der Waals surface area contributed by atoms with Gasteiger partial charge in [0, 0.05) is 0 Å². The van der Waals surface area contributed by atoms with Gasteiger partial charge in [-0.05, 0) is 11.1 Å². The van der Waals surface area contributed by atoms with Gasteiger partial charge >= 0.3 is 0 Å². The molecular weight excluding hydrogens is 140 g/mol. The molecule has 0 aromatic heterocycles. The summed E-state index contributed by atoms with van der Waals surface area (Å²) in [5.74, 6) is -0.0758. The number of hydrogen-bond acceptors (Lipinski definition) is 2. The minimum atomic E-state index is -0.696. The second kappa shape index (κ2) is 2.10. The third-order valence-corrected chi connectivity index (χ3v) is 1.85. The van der Waals surface area contributed by atoms with E-state index in [-0.39, 0.29) is 5.76 Å². The predicted octanol–water partition coefficient (Wildman–Crippen LogP) is 0.435. The fraction of sp³-hybridized carbons (Fsp3) is 0.111. The van der Waals surface area contributed by atoms with E-state index in [0.717, 1.165) is 5.56 Å². The molecule has 1 aliphatic rings. The Bertz CT molecular complexity index is 315. The molecule has 56 valence electrons. The van der Waals surface area contributed by atoms with Crippen molar-refractivity contribution >= 4 is 5.76 Å². The molecule has 1 unspecified atom stereocenters. The number of aliphatic hydroxyl groups excluding tert-OH is 1. The SMILES string of the molecule is [O-]C1=CC(O)c2ccccc21. The van der Waals surface area contributed by atoms with E-state index in [1.807, 2.05) is 6.07 Å². The van der Waals surface area contributed by atoms with E-state index in [1.165, 1.54) is 6.08 Å². The van der Waals surface area contributed by atoms with Crippen LogP contribution >= 0.6 is 0 Å². The molecule has 0 heterocycles. The van der Waals surface area contributed by atoms with Crippen molar-refractivity contribution in [3.05, 3.63) is 41.5 Å². The highest BCUT2D eigenvalue weighted by atomic mass is 16.3. The maximum Gasteiger partial charge on any atom is 0.0974 e. The predicted molar refractivity (Wildman–Crippen MR) is 39.4 cm³/mol. The van der Waals surface area contributed by atoms with Gasteiger partial charge in [-0.25, -0.2) is 0 Å². The van der Waals surface area contributed by atoms with Crippen LogP contribution in [0.3, 0.4) is 0 Å². The first-order valence-electron chi connectivity index (χ1n) is 3.45.